The summed E-state index contributed by atoms with van der Waals surface area (Å²) in [6.07, 6.45) is 3.55. The summed E-state index contributed by atoms with van der Waals surface area (Å²) in [6, 6.07) is 7.13. The molecular formula is C19H21ClN2O4. The monoisotopic (exact) mass is 376 g/mol. The lowest BCUT2D eigenvalue weighted by molar-refractivity contribution is -0.152. The van der Waals surface area contributed by atoms with Crippen molar-refractivity contribution in [1.29, 1.82) is 0 Å². The van der Waals surface area contributed by atoms with E-state index >= 15 is 0 Å². The van der Waals surface area contributed by atoms with Gasteiger partial charge in [-0.15, -0.1) is 0 Å². The molecule has 26 heavy (non-hydrogen) atoms. The topological polar surface area (TPSA) is 66.9 Å². The smallest absolute Gasteiger partial charge is 0.307 e. The van der Waals surface area contributed by atoms with E-state index in [-0.39, 0.29) is 30.7 Å². The highest BCUT2D eigenvalue weighted by atomic mass is 35.5. The zero-order valence-corrected chi connectivity index (χ0v) is 15.2. The summed E-state index contributed by atoms with van der Waals surface area (Å²) < 4.78 is 5.57. The van der Waals surface area contributed by atoms with Gasteiger partial charge in [0.1, 0.15) is 12.1 Å². The lowest BCUT2D eigenvalue weighted by atomic mass is 9.84. The second-order valence-corrected chi connectivity index (χ2v) is 7.72. The molecule has 3 aliphatic rings. The minimum absolute atomic E-state index is 0.0200. The van der Waals surface area contributed by atoms with E-state index in [1.54, 1.807) is 28.0 Å². The molecule has 0 radical (unpaired) electrons. The molecule has 2 amide bonds. The minimum atomic E-state index is -0.638. The molecule has 2 aliphatic heterocycles. The van der Waals surface area contributed by atoms with Crippen LogP contribution < -0.4 is 4.90 Å². The number of anilines is 1. The molecule has 3 fully saturated rings. The van der Waals surface area contributed by atoms with Crippen LogP contribution in [0.15, 0.2) is 24.3 Å². The predicted molar refractivity (Wildman–Crippen MR) is 95.8 cm³/mol. The Morgan fingerprint density at radius 1 is 1.19 bits per heavy atom. The number of carbonyl (C=O) groups is 3. The highest BCUT2D eigenvalue weighted by Crippen LogP contribution is 2.46. The number of carbonyl (C=O) groups excluding carboxylic acids is 3. The Bertz CT molecular complexity index is 760. The van der Waals surface area contributed by atoms with Crippen LogP contribution in [0.3, 0.4) is 0 Å². The van der Waals surface area contributed by atoms with Crippen molar-refractivity contribution in [2.24, 2.45) is 5.92 Å². The van der Waals surface area contributed by atoms with E-state index in [0.717, 1.165) is 31.4 Å². The fourth-order valence-electron chi connectivity index (χ4n) is 4.43. The van der Waals surface area contributed by atoms with Crippen molar-refractivity contribution in [2.45, 2.75) is 37.7 Å². The van der Waals surface area contributed by atoms with Crippen molar-refractivity contribution < 1.29 is 19.1 Å². The van der Waals surface area contributed by atoms with E-state index < -0.39 is 11.5 Å². The van der Waals surface area contributed by atoms with E-state index in [1.807, 2.05) is 6.07 Å². The lowest BCUT2D eigenvalue weighted by Crippen LogP contribution is -2.55. The van der Waals surface area contributed by atoms with E-state index in [0.29, 0.717) is 18.1 Å². The zero-order chi connectivity index (χ0) is 18.3. The number of benzene rings is 1. The van der Waals surface area contributed by atoms with Crippen molar-refractivity contribution >= 4 is 35.1 Å². The van der Waals surface area contributed by atoms with Crippen molar-refractivity contribution in [2.75, 3.05) is 24.5 Å². The summed E-state index contributed by atoms with van der Waals surface area (Å²) in [4.78, 5) is 40.7. The molecule has 0 aromatic heterocycles. The molecule has 0 unspecified atom stereocenters. The van der Waals surface area contributed by atoms with Crippen LogP contribution in [0.4, 0.5) is 5.69 Å². The molecule has 0 bridgehead atoms. The highest BCUT2D eigenvalue weighted by molar-refractivity contribution is 6.30. The Balaban J connectivity index is 1.47. The largest absolute Gasteiger partial charge is 0.458 e. The zero-order valence-electron chi connectivity index (χ0n) is 14.4. The van der Waals surface area contributed by atoms with Crippen LogP contribution in [0.1, 0.15) is 32.1 Å². The number of hydrogen-bond donors (Lipinski definition) is 0. The standard InChI is InChI=1S/C19H21ClN2O4/c20-13-4-3-5-14(10-13)22-9-8-21(12-16(22)23)18(25)15-11-17(24)26-19(15)6-1-2-7-19/h3-5,10,15H,1-2,6-9,11-12H2/t15-/m0/s1. The Kier molecular flexibility index (Phi) is 4.39. The van der Waals surface area contributed by atoms with E-state index in [9.17, 15) is 14.4 Å². The summed E-state index contributed by atoms with van der Waals surface area (Å²) in [5, 5.41) is 0.568. The number of piperazine rings is 1. The minimum Gasteiger partial charge on any atom is -0.458 e. The molecule has 1 saturated carbocycles. The summed E-state index contributed by atoms with van der Waals surface area (Å²) in [7, 11) is 0. The summed E-state index contributed by atoms with van der Waals surface area (Å²) in [5.74, 6) is -1.02. The number of hydrogen-bond acceptors (Lipinski definition) is 4. The molecular weight excluding hydrogens is 356 g/mol. The van der Waals surface area contributed by atoms with Gasteiger partial charge < -0.3 is 14.5 Å². The third-order valence-corrected chi connectivity index (χ3v) is 5.96. The van der Waals surface area contributed by atoms with Gasteiger partial charge >= 0.3 is 5.97 Å². The molecule has 1 atom stereocenters. The molecule has 0 N–H and O–H groups in total. The molecule has 138 valence electrons. The van der Waals surface area contributed by atoms with Gasteiger partial charge in [0.2, 0.25) is 11.8 Å². The van der Waals surface area contributed by atoms with Crippen LogP contribution in [0, 0.1) is 5.92 Å². The summed E-state index contributed by atoms with van der Waals surface area (Å²) >= 11 is 6.01. The maximum Gasteiger partial charge on any atom is 0.307 e. The number of amides is 2. The predicted octanol–water partition coefficient (Wildman–Crippen LogP) is 2.39. The van der Waals surface area contributed by atoms with Gasteiger partial charge in [0.05, 0.1) is 12.3 Å². The number of nitrogens with zero attached hydrogens (tertiary/aromatic N) is 2. The maximum absolute atomic E-state index is 13.1. The molecule has 1 aromatic rings. The SMILES string of the molecule is O=C1C[C@@H](C(=O)N2CCN(c3cccc(Cl)c3)C(=O)C2)C2(CCCC2)O1. The molecule has 7 heteroatoms. The van der Waals surface area contributed by atoms with Gasteiger partial charge in [-0.25, -0.2) is 0 Å². The quantitative estimate of drug-likeness (QED) is 0.743. The average Bonchev–Trinajstić information content (AvgIpc) is 3.21. The van der Waals surface area contributed by atoms with Gasteiger partial charge in [-0.05, 0) is 43.9 Å². The number of halogens is 1. The first-order chi connectivity index (χ1) is 12.5. The van der Waals surface area contributed by atoms with Crippen LogP contribution in [-0.2, 0) is 19.1 Å². The Morgan fingerprint density at radius 3 is 2.65 bits per heavy atom. The molecule has 2 heterocycles. The summed E-state index contributed by atoms with van der Waals surface area (Å²) in [6.45, 7) is 0.878. The molecule has 1 spiro atoms. The molecule has 1 aliphatic carbocycles. The fraction of sp³-hybridized carbons (Fsp3) is 0.526. The number of rotatable bonds is 2. The van der Waals surface area contributed by atoms with Crippen molar-refractivity contribution in [3.8, 4) is 0 Å². The second kappa shape index (κ2) is 6.58. The summed E-state index contributed by atoms with van der Waals surface area (Å²) in [5.41, 5.74) is 0.0997. The van der Waals surface area contributed by atoms with Crippen LogP contribution in [-0.4, -0.2) is 47.9 Å². The third kappa shape index (κ3) is 2.96. The van der Waals surface area contributed by atoms with Crippen molar-refractivity contribution in [3.05, 3.63) is 29.3 Å². The Labute approximate surface area is 157 Å². The van der Waals surface area contributed by atoms with Crippen LogP contribution in [0.5, 0.6) is 0 Å². The first-order valence-electron chi connectivity index (χ1n) is 9.05. The third-order valence-electron chi connectivity index (χ3n) is 5.72. The van der Waals surface area contributed by atoms with Gasteiger partial charge in [0, 0.05) is 23.8 Å². The van der Waals surface area contributed by atoms with Gasteiger partial charge in [-0.2, -0.15) is 0 Å². The van der Waals surface area contributed by atoms with E-state index in [4.69, 9.17) is 16.3 Å². The van der Waals surface area contributed by atoms with Crippen LogP contribution in [0.25, 0.3) is 0 Å². The molecule has 2 saturated heterocycles. The van der Waals surface area contributed by atoms with E-state index in [2.05, 4.69) is 0 Å². The van der Waals surface area contributed by atoms with Gasteiger partial charge in [-0.1, -0.05) is 17.7 Å². The first kappa shape index (κ1) is 17.3. The maximum atomic E-state index is 13.1. The van der Waals surface area contributed by atoms with Crippen LogP contribution >= 0.6 is 11.6 Å². The lowest BCUT2D eigenvalue weighted by Gasteiger charge is -2.37. The van der Waals surface area contributed by atoms with E-state index in [1.165, 1.54) is 0 Å². The normalized spacial score (nSPS) is 25.0. The highest BCUT2D eigenvalue weighted by Gasteiger charge is 2.55. The Morgan fingerprint density at radius 2 is 1.96 bits per heavy atom. The Hall–Kier alpha value is -2.08. The van der Waals surface area contributed by atoms with Crippen molar-refractivity contribution in [3.63, 3.8) is 0 Å². The van der Waals surface area contributed by atoms with Gasteiger partial charge in [0.15, 0.2) is 0 Å². The number of ether oxygens (including phenoxy) is 1. The second-order valence-electron chi connectivity index (χ2n) is 7.29. The van der Waals surface area contributed by atoms with Crippen LogP contribution in [0.2, 0.25) is 5.02 Å². The van der Waals surface area contributed by atoms with Gasteiger partial charge in [0.25, 0.3) is 0 Å². The first-order valence-corrected chi connectivity index (χ1v) is 9.43. The molecule has 6 nitrogen and oxygen atoms in total. The van der Waals surface area contributed by atoms with Gasteiger partial charge in [-0.3, -0.25) is 14.4 Å². The molecule has 1 aromatic carbocycles. The average molecular weight is 377 g/mol. The van der Waals surface area contributed by atoms with Crippen molar-refractivity contribution in [1.82, 2.24) is 4.90 Å². The fourth-order valence-corrected chi connectivity index (χ4v) is 4.61. The molecule has 4 rings (SSSR count). The number of esters is 1.